The van der Waals surface area contributed by atoms with Gasteiger partial charge in [0, 0.05) is 22.7 Å². The summed E-state index contributed by atoms with van der Waals surface area (Å²) in [6.45, 7) is 2.97. The first kappa shape index (κ1) is 21.1. The van der Waals surface area contributed by atoms with Crippen LogP contribution in [0, 0.1) is 0 Å². The van der Waals surface area contributed by atoms with E-state index >= 15 is 0 Å². The van der Waals surface area contributed by atoms with Gasteiger partial charge in [-0.2, -0.15) is 0 Å². The zero-order valence-electron chi connectivity index (χ0n) is 14.6. The van der Waals surface area contributed by atoms with Crippen molar-refractivity contribution < 1.29 is 4.79 Å². The molecular weight excluding hydrogens is 341 g/mol. The molecule has 0 aliphatic carbocycles. The second kappa shape index (κ2) is 13.3. The first-order chi connectivity index (χ1) is 11.6. The van der Waals surface area contributed by atoms with Crippen molar-refractivity contribution >= 4 is 35.2 Å². The minimum absolute atomic E-state index is 0.0828. The quantitative estimate of drug-likeness (QED) is 0.324. The lowest BCUT2D eigenvalue weighted by Crippen LogP contribution is -2.21. The van der Waals surface area contributed by atoms with E-state index < -0.39 is 0 Å². The Bertz CT molecular complexity index is 514. The molecular formula is C20H29Cl2NO. The minimum atomic E-state index is -0.0828. The predicted molar refractivity (Wildman–Crippen MR) is 106 cm³/mol. The standard InChI is InChI=1S/C20H29Cl2NO/c1-2-3-4-5-6-7-8-9-10-15-23-20(24)14-12-17-11-13-18(21)16-19(17)22/h11-14,16H,2-10,15H2,1H3,(H,23,24)/b14-12+. The van der Waals surface area contributed by atoms with Crippen LogP contribution in [0.25, 0.3) is 6.08 Å². The summed E-state index contributed by atoms with van der Waals surface area (Å²) in [5.41, 5.74) is 0.791. The minimum Gasteiger partial charge on any atom is -0.353 e. The van der Waals surface area contributed by atoms with Crippen molar-refractivity contribution in [2.45, 2.75) is 64.7 Å². The van der Waals surface area contributed by atoms with Gasteiger partial charge in [0.2, 0.25) is 5.91 Å². The molecule has 0 saturated heterocycles. The fraction of sp³-hybridized carbons (Fsp3) is 0.550. The van der Waals surface area contributed by atoms with Gasteiger partial charge in [-0.05, 0) is 30.2 Å². The van der Waals surface area contributed by atoms with Crippen molar-refractivity contribution in [2.75, 3.05) is 6.54 Å². The number of hydrogen-bond donors (Lipinski definition) is 1. The van der Waals surface area contributed by atoms with Gasteiger partial charge in [0.1, 0.15) is 0 Å². The second-order valence-corrected chi connectivity index (χ2v) is 6.96. The topological polar surface area (TPSA) is 29.1 Å². The summed E-state index contributed by atoms with van der Waals surface area (Å²) in [5, 5.41) is 4.04. The zero-order chi connectivity index (χ0) is 17.6. The number of carbonyl (C=O) groups excluding carboxylic acids is 1. The van der Waals surface area contributed by atoms with Crippen LogP contribution in [0.2, 0.25) is 10.0 Å². The summed E-state index contributed by atoms with van der Waals surface area (Å²) in [4.78, 5) is 11.8. The van der Waals surface area contributed by atoms with Gasteiger partial charge in [-0.15, -0.1) is 0 Å². The van der Waals surface area contributed by atoms with E-state index in [-0.39, 0.29) is 5.91 Å². The lowest BCUT2D eigenvalue weighted by molar-refractivity contribution is -0.116. The third kappa shape index (κ3) is 10.00. The van der Waals surface area contributed by atoms with Crippen LogP contribution in [0.4, 0.5) is 0 Å². The SMILES string of the molecule is CCCCCCCCCCCNC(=O)/C=C/c1ccc(Cl)cc1Cl. The molecule has 0 bridgehead atoms. The van der Waals surface area contributed by atoms with E-state index in [2.05, 4.69) is 12.2 Å². The summed E-state index contributed by atoms with van der Waals surface area (Å²) in [6, 6.07) is 5.23. The molecule has 24 heavy (non-hydrogen) atoms. The summed E-state index contributed by atoms with van der Waals surface area (Å²) in [6.07, 6.45) is 14.8. The van der Waals surface area contributed by atoms with Crippen molar-refractivity contribution in [3.05, 3.63) is 39.9 Å². The van der Waals surface area contributed by atoms with E-state index in [9.17, 15) is 4.79 Å². The Hall–Kier alpha value is -0.990. The lowest BCUT2D eigenvalue weighted by Gasteiger charge is -2.03. The average molecular weight is 370 g/mol. The van der Waals surface area contributed by atoms with Crippen LogP contribution in [-0.4, -0.2) is 12.5 Å². The monoisotopic (exact) mass is 369 g/mol. The highest BCUT2D eigenvalue weighted by atomic mass is 35.5. The number of halogens is 2. The molecule has 4 heteroatoms. The van der Waals surface area contributed by atoms with Crippen molar-refractivity contribution in [3.63, 3.8) is 0 Å². The lowest BCUT2D eigenvalue weighted by atomic mass is 10.1. The molecule has 134 valence electrons. The summed E-state index contributed by atoms with van der Waals surface area (Å²) in [5.74, 6) is -0.0828. The van der Waals surface area contributed by atoms with Gasteiger partial charge >= 0.3 is 0 Å². The molecule has 0 radical (unpaired) electrons. The number of amides is 1. The van der Waals surface area contributed by atoms with Crippen LogP contribution in [0.15, 0.2) is 24.3 Å². The van der Waals surface area contributed by atoms with Gasteiger partial charge in [0.05, 0.1) is 0 Å². The van der Waals surface area contributed by atoms with Crippen molar-refractivity contribution in [2.24, 2.45) is 0 Å². The maximum atomic E-state index is 11.8. The van der Waals surface area contributed by atoms with Gasteiger partial charge in [-0.3, -0.25) is 4.79 Å². The Labute approximate surface area is 156 Å². The Morgan fingerprint density at radius 3 is 2.25 bits per heavy atom. The number of nitrogens with one attached hydrogen (secondary N) is 1. The number of rotatable bonds is 12. The zero-order valence-corrected chi connectivity index (χ0v) is 16.1. The maximum Gasteiger partial charge on any atom is 0.243 e. The number of carbonyl (C=O) groups is 1. The van der Waals surface area contributed by atoms with Gasteiger partial charge in [-0.25, -0.2) is 0 Å². The molecule has 1 amide bonds. The van der Waals surface area contributed by atoms with Crippen LogP contribution in [0.1, 0.15) is 70.3 Å². The Morgan fingerprint density at radius 1 is 1.00 bits per heavy atom. The van der Waals surface area contributed by atoms with Crippen LogP contribution < -0.4 is 5.32 Å². The normalized spacial score (nSPS) is 11.1. The Balaban J connectivity index is 2.07. The van der Waals surface area contributed by atoms with Crippen LogP contribution in [-0.2, 0) is 4.79 Å². The fourth-order valence-electron chi connectivity index (χ4n) is 2.51. The largest absolute Gasteiger partial charge is 0.353 e. The first-order valence-corrected chi connectivity index (χ1v) is 9.80. The van der Waals surface area contributed by atoms with Crippen LogP contribution >= 0.6 is 23.2 Å². The molecule has 1 aromatic carbocycles. The van der Waals surface area contributed by atoms with Crippen LogP contribution in [0.5, 0.6) is 0 Å². The summed E-state index contributed by atoms with van der Waals surface area (Å²) >= 11 is 11.9. The molecule has 1 aromatic rings. The van der Waals surface area contributed by atoms with Crippen LogP contribution in [0.3, 0.4) is 0 Å². The highest BCUT2D eigenvalue weighted by Gasteiger charge is 1.99. The van der Waals surface area contributed by atoms with Crippen molar-refractivity contribution in [1.82, 2.24) is 5.32 Å². The molecule has 1 N–H and O–H groups in total. The Morgan fingerprint density at radius 2 is 1.62 bits per heavy atom. The molecule has 0 aliphatic heterocycles. The Kier molecular flexibility index (Phi) is 11.7. The molecule has 0 aromatic heterocycles. The molecule has 0 spiro atoms. The molecule has 0 fully saturated rings. The van der Waals surface area contributed by atoms with Gasteiger partial charge in [0.15, 0.2) is 0 Å². The highest BCUT2D eigenvalue weighted by molar-refractivity contribution is 6.35. The summed E-state index contributed by atoms with van der Waals surface area (Å²) < 4.78 is 0. The van der Waals surface area contributed by atoms with Gasteiger partial charge in [0.25, 0.3) is 0 Å². The number of hydrogen-bond acceptors (Lipinski definition) is 1. The number of benzene rings is 1. The fourth-order valence-corrected chi connectivity index (χ4v) is 2.98. The smallest absolute Gasteiger partial charge is 0.243 e. The molecule has 0 aliphatic rings. The molecule has 0 unspecified atom stereocenters. The third-order valence-corrected chi connectivity index (χ3v) is 4.52. The first-order valence-electron chi connectivity index (χ1n) is 9.04. The molecule has 1 rings (SSSR count). The predicted octanol–water partition coefficient (Wildman–Crippen LogP) is 6.65. The molecule has 0 saturated carbocycles. The average Bonchev–Trinajstić information content (AvgIpc) is 2.56. The second-order valence-electron chi connectivity index (χ2n) is 6.12. The molecule has 0 heterocycles. The van der Waals surface area contributed by atoms with Crippen molar-refractivity contribution in [3.8, 4) is 0 Å². The van der Waals surface area contributed by atoms with E-state index in [0.717, 1.165) is 18.5 Å². The van der Waals surface area contributed by atoms with Crippen molar-refractivity contribution in [1.29, 1.82) is 0 Å². The number of unbranched alkanes of at least 4 members (excludes halogenated alkanes) is 8. The summed E-state index contributed by atoms with van der Waals surface area (Å²) in [7, 11) is 0. The van der Waals surface area contributed by atoms with E-state index in [0.29, 0.717) is 10.0 Å². The van der Waals surface area contributed by atoms with E-state index in [1.165, 1.54) is 57.4 Å². The maximum absolute atomic E-state index is 11.8. The molecule has 2 nitrogen and oxygen atoms in total. The van der Waals surface area contributed by atoms with E-state index in [1.807, 2.05) is 0 Å². The third-order valence-electron chi connectivity index (χ3n) is 3.96. The molecule has 0 atom stereocenters. The van der Waals surface area contributed by atoms with E-state index in [1.54, 1.807) is 24.3 Å². The van der Waals surface area contributed by atoms with Gasteiger partial charge in [-0.1, -0.05) is 87.6 Å². The van der Waals surface area contributed by atoms with E-state index in [4.69, 9.17) is 23.2 Å². The van der Waals surface area contributed by atoms with Gasteiger partial charge < -0.3 is 5.32 Å². The highest BCUT2D eigenvalue weighted by Crippen LogP contribution is 2.21.